The molecule has 0 amide bonds. The molecule has 0 spiro atoms. The molecule has 0 aliphatic carbocycles. The summed E-state index contributed by atoms with van der Waals surface area (Å²) < 4.78 is 0. The van der Waals surface area contributed by atoms with Crippen LogP contribution in [0.4, 0.5) is 0 Å². The van der Waals surface area contributed by atoms with Crippen LogP contribution in [0.1, 0.15) is 0 Å². The van der Waals surface area contributed by atoms with Crippen molar-refractivity contribution >= 4 is 0 Å². The van der Waals surface area contributed by atoms with Gasteiger partial charge in [0.05, 0.1) is 0 Å². The molecule has 4 heavy (non-hydrogen) atoms. The van der Waals surface area contributed by atoms with Crippen LogP contribution in [0, 0.1) is 0 Å². The minimum atomic E-state index is 0. The normalized spacial score (nSPS) is 0. The van der Waals surface area contributed by atoms with Gasteiger partial charge in [0.25, 0.3) is 0 Å². The molecule has 0 rings (SSSR count). The maximum atomic E-state index is 0. The van der Waals surface area contributed by atoms with Crippen LogP contribution in [0.2, 0.25) is 0 Å². The number of rotatable bonds is 0. The predicted molar refractivity (Wildman–Crippen MR) is 3.51 cm³/mol. The second kappa shape index (κ2) is 77.8. The fraction of sp³-hybridized carbons (Fsp3) is 0. The summed E-state index contributed by atoms with van der Waals surface area (Å²) in [4.78, 5) is 0. The first-order valence-electron chi connectivity index (χ1n) is 0. The monoisotopic (exact) mass is 152 g/mol. The van der Waals surface area contributed by atoms with Gasteiger partial charge in [-0.3, -0.25) is 0 Å². The molecule has 27 valence electrons. The smallest absolute Gasteiger partial charge is 2.00 e. The Labute approximate surface area is 38.2 Å². The topological polar surface area (TPSA) is 87.5 Å². The van der Waals surface area contributed by atoms with Crippen LogP contribution in [-0.2, 0) is 31.4 Å². The average Bonchev–Trinajstić information content (AvgIpc) is 0. The van der Waals surface area contributed by atoms with E-state index in [1.54, 1.807) is 0 Å². The summed E-state index contributed by atoms with van der Waals surface area (Å²) >= 11 is 0. The molecule has 3 nitrogen and oxygen atoms in total. The van der Waals surface area contributed by atoms with E-state index in [1.165, 1.54) is 0 Å². The summed E-state index contributed by atoms with van der Waals surface area (Å²) in [5.74, 6) is 0. The summed E-state index contributed by atoms with van der Waals surface area (Å²) in [5, 5.41) is 0. The average molecular weight is 152 g/mol. The third-order valence-corrected chi connectivity index (χ3v) is 0. The Morgan fingerprint density at radius 1 is 0.750 bits per heavy atom. The molecule has 0 fully saturated rings. The molecular weight excluding hydrogens is 152 g/mol. The molecule has 0 saturated heterocycles. The van der Waals surface area contributed by atoms with Gasteiger partial charge in [0.1, 0.15) is 0 Å². The van der Waals surface area contributed by atoms with Crippen molar-refractivity contribution in [2.45, 2.75) is 0 Å². The fourth-order valence-corrected chi connectivity index (χ4v) is 0. The van der Waals surface area contributed by atoms with E-state index in [2.05, 4.69) is 0 Å². The zero-order valence-corrected chi connectivity index (χ0v) is 3.13. The number of nitrogens with zero attached hydrogens (tertiary/aromatic N) is 1. The van der Waals surface area contributed by atoms with Crippen molar-refractivity contribution in [1.82, 2.24) is 6.15 Å². The van der Waals surface area contributed by atoms with E-state index in [0.717, 1.165) is 0 Å². The van der Waals surface area contributed by atoms with Crippen molar-refractivity contribution in [3.8, 4) is 0 Å². The van der Waals surface area contributed by atoms with E-state index < -0.39 is 0 Å². The second-order valence-corrected chi connectivity index (χ2v) is 0. The second-order valence-electron chi connectivity index (χ2n) is 0. The standard InChI is InChI=1S/N.2O.Pd/q;2*-2;+4. The summed E-state index contributed by atoms with van der Waals surface area (Å²) in [6.07, 6.45) is 0. The van der Waals surface area contributed by atoms with Crippen molar-refractivity contribution in [3.05, 3.63) is 0 Å². The number of hydrogen-bond acceptors (Lipinski definition) is 0. The molecule has 0 bridgehead atoms. The SMILES string of the molecule is [N].[O-2].[O-2].[Pd+4]. The van der Waals surface area contributed by atoms with Gasteiger partial charge in [-0.05, 0) is 0 Å². The van der Waals surface area contributed by atoms with E-state index in [0.29, 0.717) is 0 Å². The van der Waals surface area contributed by atoms with Crippen molar-refractivity contribution in [2.24, 2.45) is 0 Å². The Kier molecular flexibility index (Phi) is 3770. The van der Waals surface area contributed by atoms with E-state index in [1.807, 2.05) is 0 Å². The van der Waals surface area contributed by atoms with E-state index >= 15 is 0 Å². The molecule has 0 aliphatic rings. The largest absolute Gasteiger partial charge is 4.00 e. The van der Waals surface area contributed by atoms with Gasteiger partial charge in [-0.2, -0.15) is 0 Å². The first-order valence-corrected chi connectivity index (χ1v) is 0. The Morgan fingerprint density at radius 2 is 0.750 bits per heavy atom. The van der Waals surface area contributed by atoms with Crippen LogP contribution in [0.25, 0.3) is 0 Å². The molecule has 0 aromatic carbocycles. The van der Waals surface area contributed by atoms with Crippen molar-refractivity contribution in [1.29, 1.82) is 0 Å². The van der Waals surface area contributed by atoms with Crippen molar-refractivity contribution in [3.63, 3.8) is 0 Å². The van der Waals surface area contributed by atoms with Gasteiger partial charge in [-0.25, -0.2) is 0 Å². The van der Waals surface area contributed by atoms with E-state index in [9.17, 15) is 0 Å². The van der Waals surface area contributed by atoms with Crippen LogP contribution in [0.5, 0.6) is 0 Å². The van der Waals surface area contributed by atoms with Crippen LogP contribution >= 0.6 is 0 Å². The molecule has 0 unspecified atom stereocenters. The van der Waals surface area contributed by atoms with Gasteiger partial charge < -0.3 is 11.0 Å². The van der Waals surface area contributed by atoms with Crippen LogP contribution in [-0.4, -0.2) is 0 Å². The zero-order chi connectivity index (χ0) is 0. The summed E-state index contributed by atoms with van der Waals surface area (Å²) in [5.41, 5.74) is 0. The molecule has 0 heterocycles. The van der Waals surface area contributed by atoms with Gasteiger partial charge in [0.2, 0.25) is 0 Å². The predicted octanol–water partition coefficient (Wildman–Crippen LogP) is -0.721. The fourth-order valence-electron chi connectivity index (χ4n) is 0. The molecule has 3 radical (unpaired) electrons. The third kappa shape index (κ3) is 20.6. The van der Waals surface area contributed by atoms with Gasteiger partial charge >= 0.3 is 20.4 Å². The van der Waals surface area contributed by atoms with Gasteiger partial charge in [0.15, 0.2) is 0 Å². The maximum absolute atomic E-state index is 0. The minimum absolute atomic E-state index is 0. The Bertz CT molecular complexity index is 6.00. The molecular formula is NO2Pd. The van der Waals surface area contributed by atoms with E-state index in [-0.39, 0.29) is 37.5 Å². The van der Waals surface area contributed by atoms with Crippen molar-refractivity contribution < 1.29 is 31.4 Å². The molecule has 0 aliphatic heterocycles. The van der Waals surface area contributed by atoms with Crippen LogP contribution < -0.4 is 6.15 Å². The quantitative estimate of drug-likeness (QED) is 0.410. The van der Waals surface area contributed by atoms with Gasteiger partial charge in [0, 0.05) is 6.15 Å². The summed E-state index contributed by atoms with van der Waals surface area (Å²) in [6, 6.07) is 0. The number of hydrogen-bond donors (Lipinski definition) is 0. The molecule has 0 N–H and O–H groups in total. The minimum Gasteiger partial charge on any atom is -2.00 e. The van der Waals surface area contributed by atoms with Gasteiger partial charge in [-0.1, -0.05) is 0 Å². The Morgan fingerprint density at radius 3 is 0.750 bits per heavy atom. The van der Waals surface area contributed by atoms with Crippen LogP contribution in [0.15, 0.2) is 0 Å². The molecule has 0 atom stereocenters. The first-order chi connectivity index (χ1) is 0. The van der Waals surface area contributed by atoms with E-state index in [4.69, 9.17) is 0 Å². The van der Waals surface area contributed by atoms with Crippen molar-refractivity contribution in [2.75, 3.05) is 0 Å². The van der Waals surface area contributed by atoms with Crippen LogP contribution in [0.3, 0.4) is 0 Å². The molecule has 0 aromatic heterocycles. The third-order valence-electron chi connectivity index (χ3n) is 0. The Hall–Kier alpha value is 0.542. The Balaban J connectivity index is 0. The summed E-state index contributed by atoms with van der Waals surface area (Å²) in [7, 11) is 0. The first kappa shape index (κ1) is 194. The summed E-state index contributed by atoms with van der Waals surface area (Å²) in [6.45, 7) is 0. The maximum Gasteiger partial charge on any atom is 4.00 e. The molecule has 0 saturated carbocycles. The molecule has 4 heteroatoms. The van der Waals surface area contributed by atoms with Gasteiger partial charge in [-0.15, -0.1) is 0 Å². The zero-order valence-electron chi connectivity index (χ0n) is 1.58. The molecule has 0 aromatic rings.